The van der Waals surface area contributed by atoms with Crippen molar-refractivity contribution in [2.24, 2.45) is 0 Å². The lowest BCUT2D eigenvalue weighted by atomic mass is 10.0. The number of aliphatic hydroxyl groups excluding tert-OH is 1. The number of fused-ring (bicyclic) bond motifs is 1. The lowest BCUT2D eigenvalue weighted by Gasteiger charge is -2.28. The molecule has 0 amide bonds. The van der Waals surface area contributed by atoms with Gasteiger partial charge in [-0.2, -0.15) is 0 Å². The molecule has 1 heterocycles. The molecule has 2 N–H and O–H groups in total. The molecule has 1 aliphatic carbocycles. The molecule has 0 aromatic heterocycles. The first-order valence-corrected chi connectivity index (χ1v) is 6.44. The maximum Gasteiger partial charge on any atom is 0.0775 e. The highest BCUT2D eigenvalue weighted by molar-refractivity contribution is 5.36. The van der Waals surface area contributed by atoms with Crippen LogP contribution in [0, 0.1) is 0 Å². The quantitative estimate of drug-likeness (QED) is 0.811. The second kappa shape index (κ2) is 4.77. The zero-order valence-electron chi connectivity index (χ0n) is 9.93. The van der Waals surface area contributed by atoms with Gasteiger partial charge in [0.05, 0.1) is 12.1 Å². The van der Waals surface area contributed by atoms with E-state index < -0.39 is 0 Å². The van der Waals surface area contributed by atoms with Crippen molar-refractivity contribution in [3.8, 4) is 0 Å². The molecule has 92 valence electrons. The summed E-state index contributed by atoms with van der Waals surface area (Å²) in [5, 5.41) is 13.7. The van der Waals surface area contributed by atoms with Gasteiger partial charge in [0.15, 0.2) is 0 Å². The standard InChI is InChI=1S/C14H19NO2/c16-13-9-10-3-1-2-4-12(10)14(13)15-11-5-7-17-8-6-11/h1-4,11,13-16H,5-9H2/t13-,14+/m0/s1. The first-order valence-electron chi connectivity index (χ1n) is 6.44. The van der Waals surface area contributed by atoms with Crippen molar-refractivity contribution in [2.75, 3.05) is 13.2 Å². The number of hydrogen-bond donors (Lipinski definition) is 2. The van der Waals surface area contributed by atoms with Crippen LogP contribution in [0.25, 0.3) is 0 Å². The Kier molecular flexibility index (Phi) is 3.14. The van der Waals surface area contributed by atoms with E-state index in [1.54, 1.807) is 0 Å². The van der Waals surface area contributed by atoms with Crippen molar-refractivity contribution in [1.29, 1.82) is 0 Å². The molecule has 2 atom stereocenters. The van der Waals surface area contributed by atoms with E-state index in [-0.39, 0.29) is 12.1 Å². The molecule has 0 unspecified atom stereocenters. The van der Waals surface area contributed by atoms with Crippen LogP contribution < -0.4 is 5.32 Å². The fraction of sp³-hybridized carbons (Fsp3) is 0.571. The molecule has 0 saturated carbocycles. The van der Waals surface area contributed by atoms with Crippen molar-refractivity contribution in [2.45, 2.75) is 37.5 Å². The minimum atomic E-state index is -0.282. The Morgan fingerprint density at radius 1 is 1.18 bits per heavy atom. The van der Waals surface area contributed by atoms with Gasteiger partial charge in [-0.15, -0.1) is 0 Å². The normalized spacial score (nSPS) is 29.2. The van der Waals surface area contributed by atoms with Crippen LogP contribution in [0.1, 0.15) is 30.0 Å². The van der Waals surface area contributed by atoms with Gasteiger partial charge in [0.1, 0.15) is 0 Å². The van der Waals surface area contributed by atoms with Crippen LogP contribution >= 0.6 is 0 Å². The van der Waals surface area contributed by atoms with Crippen LogP contribution in [0.15, 0.2) is 24.3 Å². The second-order valence-electron chi connectivity index (χ2n) is 5.00. The van der Waals surface area contributed by atoms with Crippen LogP contribution in [-0.4, -0.2) is 30.5 Å². The smallest absolute Gasteiger partial charge is 0.0775 e. The van der Waals surface area contributed by atoms with Crippen LogP contribution in [0.2, 0.25) is 0 Å². The third-order valence-electron chi connectivity index (χ3n) is 3.84. The molecule has 0 spiro atoms. The van der Waals surface area contributed by atoms with E-state index in [1.165, 1.54) is 11.1 Å². The minimum Gasteiger partial charge on any atom is -0.391 e. The molecular formula is C14H19NO2. The molecular weight excluding hydrogens is 214 g/mol. The van der Waals surface area contributed by atoms with Gasteiger partial charge in [0.2, 0.25) is 0 Å². The Morgan fingerprint density at radius 2 is 1.94 bits per heavy atom. The first-order chi connectivity index (χ1) is 8.34. The summed E-state index contributed by atoms with van der Waals surface area (Å²) in [5.74, 6) is 0. The highest BCUT2D eigenvalue weighted by Crippen LogP contribution is 2.32. The van der Waals surface area contributed by atoms with E-state index >= 15 is 0 Å². The fourth-order valence-corrected chi connectivity index (χ4v) is 2.89. The SMILES string of the molecule is O[C@H]1Cc2ccccc2[C@H]1NC1CCOCC1. The summed E-state index contributed by atoms with van der Waals surface area (Å²) < 4.78 is 5.36. The molecule has 1 fully saturated rings. The van der Waals surface area contributed by atoms with Gasteiger partial charge in [0.25, 0.3) is 0 Å². The third kappa shape index (κ3) is 2.23. The highest BCUT2D eigenvalue weighted by Gasteiger charge is 2.32. The number of nitrogens with one attached hydrogen (secondary N) is 1. The molecule has 3 rings (SSSR count). The summed E-state index contributed by atoms with van der Waals surface area (Å²) >= 11 is 0. The summed E-state index contributed by atoms with van der Waals surface area (Å²) in [6.07, 6.45) is 2.59. The summed E-state index contributed by atoms with van der Waals surface area (Å²) in [6, 6.07) is 8.92. The molecule has 0 bridgehead atoms. The second-order valence-corrected chi connectivity index (χ2v) is 5.00. The molecule has 1 aromatic carbocycles. The fourth-order valence-electron chi connectivity index (χ4n) is 2.89. The lowest BCUT2D eigenvalue weighted by molar-refractivity contribution is 0.0634. The van der Waals surface area contributed by atoms with Crippen molar-refractivity contribution < 1.29 is 9.84 Å². The molecule has 0 radical (unpaired) electrons. The minimum absolute atomic E-state index is 0.106. The maximum atomic E-state index is 10.1. The number of benzene rings is 1. The Bertz CT molecular complexity index is 388. The molecule has 1 aliphatic heterocycles. The summed E-state index contributed by atoms with van der Waals surface area (Å²) in [7, 11) is 0. The molecule has 3 heteroatoms. The summed E-state index contributed by atoms with van der Waals surface area (Å²) in [4.78, 5) is 0. The number of aliphatic hydroxyl groups is 1. The third-order valence-corrected chi connectivity index (χ3v) is 3.84. The lowest BCUT2D eigenvalue weighted by Crippen LogP contribution is -2.40. The molecule has 2 aliphatic rings. The zero-order valence-corrected chi connectivity index (χ0v) is 9.93. The van der Waals surface area contributed by atoms with E-state index in [9.17, 15) is 5.11 Å². The highest BCUT2D eigenvalue weighted by atomic mass is 16.5. The summed E-state index contributed by atoms with van der Waals surface area (Å²) in [5.41, 5.74) is 2.55. The number of rotatable bonds is 2. The van der Waals surface area contributed by atoms with Gasteiger partial charge in [-0.25, -0.2) is 0 Å². The van der Waals surface area contributed by atoms with Crippen LogP contribution in [-0.2, 0) is 11.2 Å². The van der Waals surface area contributed by atoms with E-state index in [0.717, 1.165) is 32.5 Å². The van der Waals surface area contributed by atoms with Gasteiger partial charge >= 0.3 is 0 Å². The average Bonchev–Trinajstić information content (AvgIpc) is 2.68. The van der Waals surface area contributed by atoms with Crippen LogP contribution in [0.5, 0.6) is 0 Å². The molecule has 1 saturated heterocycles. The number of hydrogen-bond acceptors (Lipinski definition) is 3. The van der Waals surface area contributed by atoms with Crippen molar-refractivity contribution >= 4 is 0 Å². The van der Waals surface area contributed by atoms with E-state index in [0.29, 0.717) is 6.04 Å². The predicted molar refractivity (Wildman–Crippen MR) is 65.9 cm³/mol. The maximum absolute atomic E-state index is 10.1. The Labute approximate surface area is 102 Å². The Balaban J connectivity index is 1.74. The largest absolute Gasteiger partial charge is 0.391 e. The van der Waals surface area contributed by atoms with Gasteiger partial charge in [-0.05, 0) is 24.0 Å². The summed E-state index contributed by atoms with van der Waals surface area (Å²) in [6.45, 7) is 1.67. The predicted octanol–water partition coefficient (Wildman–Crippen LogP) is 1.41. The Hall–Kier alpha value is -0.900. The van der Waals surface area contributed by atoms with E-state index in [2.05, 4.69) is 23.5 Å². The van der Waals surface area contributed by atoms with Gasteiger partial charge in [-0.1, -0.05) is 24.3 Å². The van der Waals surface area contributed by atoms with Crippen molar-refractivity contribution in [3.63, 3.8) is 0 Å². The monoisotopic (exact) mass is 233 g/mol. The van der Waals surface area contributed by atoms with Crippen molar-refractivity contribution in [1.82, 2.24) is 5.32 Å². The van der Waals surface area contributed by atoms with E-state index in [1.807, 2.05) is 6.07 Å². The first kappa shape index (κ1) is 11.2. The topological polar surface area (TPSA) is 41.5 Å². The zero-order chi connectivity index (χ0) is 11.7. The van der Waals surface area contributed by atoms with Crippen molar-refractivity contribution in [3.05, 3.63) is 35.4 Å². The van der Waals surface area contributed by atoms with Gasteiger partial charge < -0.3 is 15.2 Å². The molecule has 1 aromatic rings. The van der Waals surface area contributed by atoms with E-state index in [4.69, 9.17) is 4.74 Å². The van der Waals surface area contributed by atoms with Crippen LogP contribution in [0.4, 0.5) is 0 Å². The number of ether oxygens (including phenoxy) is 1. The Morgan fingerprint density at radius 3 is 2.76 bits per heavy atom. The average molecular weight is 233 g/mol. The molecule has 17 heavy (non-hydrogen) atoms. The van der Waals surface area contributed by atoms with Gasteiger partial charge in [0, 0.05) is 25.7 Å². The van der Waals surface area contributed by atoms with Gasteiger partial charge in [-0.3, -0.25) is 0 Å². The molecule has 3 nitrogen and oxygen atoms in total. The van der Waals surface area contributed by atoms with Crippen LogP contribution in [0.3, 0.4) is 0 Å².